The van der Waals surface area contributed by atoms with E-state index >= 15 is 0 Å². The highest BCUT2D eigenvalue weighted by Crippen LogP contribution is 2.64. The maximum atomic E-state index is 10.6. The van der Waals surface area contributed by atoms with Gasteiger partial charge in [-0.05, 0) is 100 Å². The van der Waals surface area contributed by atoms with Gasteiger partial charge in [0.1, 0.15) is 0 Å². The molecule has 0 spiro atoms. The fraction of sp³-hybridized carbons (Fsp3) is 0.909. The quantitative estimate of drug-likeness (QED) is 0.688. The zero-order valence-corrected chi connectivity index (χ0v) is 16.1. The summed E-state index contributed by atoms with van der Waals surface area (Å²) in [7, 11) is 1.90. The lowest BCUT2D eigenvalue weighted by molar-refractivity contribution is -0.146. The molecule has 4 saturated carbocycles. The molecule has 0 saturated heterocycles. The summed E-state index contributed by atoms with van der Waals surface area (Å²) in [5.41, 5.74) is 1.72. The average Bonchev–Trinajstić information content (AvgIpc) is 2.89. The monoisotopic (exact) mass is 332 g/mol. The van der Waals surface area contributed by atoms with Gasteiger partial charge in [-0.25, -0.2) is 0 Å². The Kier molecular flexibility index (Phi) is 4.16. The SMILES string of the molecule is CC=C1CC[C@H]2[C@@H]3C[C@@H](OC)[C@@H]4C[C@](C)(O)CC[C@@H]4[C@H]3CC[C@]12C. The van der Waals surface area contributed by atoms with Crippen molar-refractivity contribution in [3.8, 4) is 0 Å². The number of hydrogen-bond donors (Lipinski definition) is 1. The van der Waals surface area contributed by atoms with Crippen molar-refractivity contribution in [2.45, 2.75) is 83.8 Å². The maximum absolute atomic E-state index is 10.6. The minimum Gasteiger partial charge on any atom is -0.390 e. The van der Waals surface area contributed by atoms with E-state index in [0.29, 0.717) is 17.4 Å². The van der Waals surface area contributed by atoms with Gasteiger partial charge in [-0.2, -0.15) is 0 Å². The van der Waals surface area contributed by atoms with Gasteiger partial charge in [-0.3, -0.25) is 0 Å². The van der Waals surface area contributed by atoms with Gasteiger partial charge in [-0.1, -0.05) is 18.6 Å². The van der Waals surface area contributed by atoms with Gasteiger partial charge in [0.15, 0.2) is 0 Å². The predicted molar refractivity (Wildman–Crippen MR) is 97.7 cm³/mol. The molecular formula is C22H36O2. The summed E-state index contributed by atoms with van der Waals surface area (Å²) >= 11 is 0. The zero-order chi connectivity index (χ0) is 17.1. The minimum absolute atomic E-state index is 0.361. The molecule has 0 amide bonds. The van der Waals surface area contributed by atoms with Crippen LogP contribution in [0.25, 0.3) is 0 Å². The highest BCUT2D eigenvalue weighted by Gasteiger charge is 2.57. The Morgan fingerprint density at radius 1 is 1.04 bits per heavy atom. The molecule has 2 heteroatoms. The van der Waals surface area contributed by atoms with E-state index < -0.39 is 5.60 Å². The summed E-state index contributed by atoms with van der Waals surface area (Å²) in [5.74, 6) is 3.95. The first kappa shape index (κ1) is 17.1. The van der Waals surface area contributed by atoms with Crippen LogP contribution in [0, 0.1) is 35.0 Å². The average molecular weight is 333 g/mol. The Labute approximate surface area is 148 Å². The van der Waals surface area contributed by atoms with Crippen LogP contribution in [-0.4, -0.2) is 23.9 Å². The van der Waals surface area contributed by atoms with Crippen LogP contribution in [0.3, 0.4) is 0 Å². The molecule has 8 atom stereocenters. The molecule has 0 unspecified atom stereocenters. The van der Waals surface area contributed by atoms with E-state index in [1.54, 1.807) is 5.57 Å². The zero-order valence-electron chi connectivity index (χ0n) is 16.1. The van der Waals surface area contributed by atoms with Crippen molar-refractivity contribution in [1.82, 2.24) is 0 Å². The molecule has 4 aliphatic carbocycles. The first-order valence-electron chi connectivity index (χ1n) is 10.3. The standard InChI is InChI=1S/C22H36O2/c1-5-14-6-7-19-17-12-20(24-4)18-13-21(2,23)10-8-16(18)15(17)9-11-22(14,19)3/h5,15-20,23H,6-13H2,1-4H3/t15-,16-,17-,18-,19+,20-,21-,22-/m1/s1. The number of hydrogen-bond acceptors (Lipinski definition) is 2. The Balaban J connectivity index is 1.63. The molecule has 4 rings (SSSR count). The van der Waals surface area contributed by atoms with E-state index in [0.717, 1.165) is 36.5 Å². The minimum atomic E-state index is -0.473. The van der Waals surface area contributed by atoms with Gasteiger partial charge in [0.05, 0.1) is 11.7 Å². The first-order chi connectivity index (χ1) is 11.4. The van der Waals surface area contributed by atoms with E-state index in [-0.39, 0.29) is 0 Å². The van der Waals surface area contributed by atoms with Gasteiger partial charge >= 0.3 is 0 Å². The van der Waals surface area contributed by atoms with Crippen molar-refractivity contribution in [3.63, 3.8) is 0 Å². The van der Waals surface area contributed by atoms with E-state index in [1.165, 1.54) is 38.5 Å². The highest BCUT2D eigenvalue weighted by atomic mass is 16.5. The van der Waals surface area contributed by atoms with Gasteiger partial charge in [-0.15, -0.1) is 0 Å². The lowest BCUT2D eigenvalue weighted by Crippen LogP contribution is -2.54. The number of methoxy groups -OCH3 is 1. The molecule has 0 aromatic heterocycles. The molecule has 1 N–H and O–H groups in total. The number of fused-ring (bicyclic) bond motifs is 5. The van der Waals surface area contributed by atoms with Crippen molar-refractivity contribution in [2.75, 3.05) is 7.11 Å². The number of allylic oxidation sites excluding steroid dienone is 2. The van der Waals surface area contributed by atoms with Gasteiger partial charge in [0, 0.05) is 7.11 Å². The summed E-state index contributed by atoms with van der Waals surface area (Å²) < 4.78 is 6.01. The molecule has 2 nitrogen and oxygen atoms in total. The molecule has 0 bridgehead atoms. The first-order valence-corrected chi connectivity index (χ1v) is 10.3. The van der Waals surface area contributed by atoms with Crippen LogP contribution in [0.1, 0.15) is 72.1 Å². The molecule has 24 heavy (non-hydrogen) atoms. The molecule has 136 valence electrons. The molecule has 4 aliphatic rings. The summed E-state index contributed by atoms with van der Waals surface area (Å²) in [6.45, 7) is 6.83. The van der Waals surface area contributed by atoms with Gasteiger partial charge in [0.25, 0.3) is 0 Å². The lowest BCUT2D eigenvalue weighted by Gasteiger charge is -2.58. The fourth-order valence-electron chi connectivity index (χ4n) is 7.62. The number of aliphatic hydroxyl groups is 1. The third-order valence-electron chi connectivity index (χ3n) is 8.77. The summed E-state index contributed by atoms with van der Waals surface area (Å²) in [6.07, 6.45) is 12.6. The third-order valence-corrected chi connectivity index (χ3v) is 8.77. The summed E-state index contributed by atoms with van der Waals surface area (Å²) in [6, 6.07) is 0. The van der Waals surface area contributed by atoms with Crippen molar-refractivity contribution in [1.29, 1.82) is 0 Å². The normalized spacial score (nSPS) is 55.8. The number of ether oxygens (including phenoxy) is 1. The highest BCUT2D eigenvalue weighted by molar-refractivity contribution is 5.23. The van der Waals surface area contributed by atoms with E-state index in [1.807, 2.05) is 14.0 Å². The topological polar surface area (TPSA) is 29.5 Å². The van der Waals surface area contributed by atoms with Crippen LogP contribution in [-0.2, 0) is 4.74 Å². The predicted octanol–water partition coefficient (Wildman–Crippen LogP) is 4.96. The second-order valence-corrected chi connectivity index (χ2v) is 9.82. The van der Waals surface area contributed by atoms with Crippen molar-refractivity contribution < 1.29 is 9.84 Å². The maximum Gasteiger partial charge on any atom is 0.0623 e. The Bertz CT molecular complexity index is 522. The van der Waals surface area contributed by atoms with Crippen molar-refractivity contribution in [3.05, 3.63) is 11.6 Å². The Morgan fingerprint density at radius 3 is 2.46 bits per heavy atom. The second kappa shape index (κ2) is 5.84. The van der Waals surface area contributed by atoms with Crippen LogP contribution in [0.2, 0.25) is 0 Å². The van der Waals surface area contributed by atoms with Crippen LogP contribution in [0.15, 0.2) is 11.6 Å². The van der Waals surface area contributed by atoms with Crippen LogP contribution in [0.5, 0.6) is 0 Å². The van der Waals surface area contributed by atoms with Crippen molar-refractivity contribution >= 4 is 0 Å². The Hall–Kier alpha value is -0.340. The molecule has 0 radical (unpaired) electrons. The molecule has 4 fully saturated rings. The molecular weight excluding hydrogens is 296 g/mol. The van der Waals surface area contributed by atoms with Crippen LogP contribution in [0.4, 0.5) is 0 Å². The lowest BCUT2D eigenvalue weighted by atomic mass is 9.49. The molecule has 0 aromatic carbocycles. The van der Waals surface area contributed by atoms with Crippen LogP contribution >= 0.6 is 0 Å². The molecule has 0 aliphatic heterocycles. The van der Waals surface area contributed by atoms with E-state index in [2.05, 4.69) is 19.9 Å². The smallest absolute Gasteiger partial charge is 0.0623 e. The van der Waals surface area contributed by atoms with Crippen molar-refractivity contribution in [2.24, 2.45) is 35.0 Å². The Morgan fingerprint density at radius 2 is 1.75 bits per heavy atom. The summed E-state index contributed by atoms with van der Waals surface area (Å²) in [5, 5.41) is 10.6. The van der Waals surface area contributed by atoms with E-state index in [9.17, 15) is 5.11 Å². The fourth-order valence-corrected chi connectivity index (χ4v) is 7.62. The molecule has 0 heterocycles. The third kappa shape index (κ3) is 2.43. The van der Waals surface area contributed by atoms with Gasteiger partial charge < -0.3 is 9.84 Å². The van der Waals surface area contributed by atoms with E-state index in [4.69, 9.17) is 4.74 Å². The number of rotatable bonds is 1. The molecule has 0 aromatic rings. The van der Waals surface area contributed by atoms with Crippen LogP contribution < -0.4 is 0 Å². The second-order valence-electron chi connectivity index (χ2n) is 9.82. The largest absolute Gasteiger partial charge is 0.390 e. The summed E-state index contributed by atoms with van der Waals surface area (Å²) in [4.78, 5) is 0. The van der Waals surface area contributed by atoms with Gasteiger partial charge in [0.2, 0.25) is 0 Å².